The summed E-state index contributed by atoms with van der Waals surface area (Å²) in [5, 5.41) is 20.9. The maximum Gasteiger partial charge on any atom is 0.339 e. The molecule has 0 saturated carbocycles. The number of anilines is 1. The molecule has 5 heteroatoms. The molecule has 0 aliphatic carbocycles. The smallest absolute Gasteiger partial charge is 0.339 e. The quantitative estimate of drug-likeness (QED) is 0.750. The number of carboxylic acids is 1. The highest BCUT2D eigenvalue weighted by Gasteiger charge is 2.14. The van der Waals surface area contributed by atoms with Crippen LogP contribution in [0.5, 0.6) is 5.75 Å². The molecule has 0 spiro atoms. The predicted octanol–water partition coefficient (Wildman–Crippen LogP) is 2.47. The van der Waals surface area contributed by atoms with Gasteiger partial charge in [0.15, 0.2) is 0 Å². The monoisotopic (exact) mass is 251 g/mol. The van der Waals surface area contributed by atoms with Gasteiger partial charge in [-0.25, -0.2) is 4.79 Å². The molecule has 0 aliphatic heterocycles. The van der Waals surface area contributed by atoms with Gasteiger partial charge in [-0.05, 0) is 18.6 Å². The average Bonchev–Trinajstić information content (AvgIpc) is 2.28. The van der Waals surface area contributed by atoms with E-state index >= 15 is 0 Å². The molecule has 0 fully saturated rings. The van der Waals surface area contributed by atoms with Gasteiger partial charge < -0.3 is 15.5 Å². The predicted molar refractivity (Wildman–Crippen MR) is 67.8 cm³/mol. The Morgan fingerprint density at radius 2 is 2.06 bits per heavy atom. The normalized spacial score (nSPS) is 11.9. The summed E-state index contributed by atoms with van der Waals surface area (Å²) in [4.78, 5) is 22.4. The Balaban J connectivity index is 2.77. The standard InChI is InChI=1S/C13H17NO4/c1-3-4-8(2)12(16)14-9-5-6-10(13(17)18)11(15)7-9/h5-8,15H,3-4H2,1-2H3,(H,14,16)(H,17,18). The van der Waals surface area contributed by atoms with Crippen LogP contribution in [0, 0.1) is 5.92 Å². The molecule has 3 N–H and O–H groups in total. The second-order valence-electron chi connectivity index (χ2n) is 4.22. The molecule has 0 radical (unpaired) electrons. The molecule has 1 rings (SSSR count). The van der Waals surface area contributed by atoms with Gasteiger partial charge in [-0.3, -0.25) is 4.79 Å². The van der Waals surface area contributed by atoms with Crippen LogP contribution >= 0.6 is 0 Å². The maximum atomic E-state index is 11.7. The van der Waals surface area contributed by atoms with Gasteiger partial charge in [-0.15, -0.1) is 0 Å². The van der Waals surface area contributed by atoms with Crippen LogP contribution in [-0.4, -0.2) is 22.1 Å². The van der Waals surface area contributed by atoms with Crippen molar-refractivity contribution in [3.05, 3.63) is 23.8 Å². The molecule has 0 aliphatic rings. The Labute approximate surface area is 105 Å². The zero-order valence-corrected chi connectivity index (χ0v) is 10.4. The maximum absolute atomic E-state index is 11.7. The molecule has 0 bridgehead atoms. The van der Waals surface area contributed by atoms with Gasteiger partial charge in [0.25, 0.3) is 0 Å². The van der Waals surface area contributed by atoms with Crippen LogP contribution < -0.4 is 5.32 Å². The van der Waals surface area contributed by atoms with Crippen LogP contribution in [0.15, 0.2) is 18.2 Å². The Kier molecular flexibility index (Phi) is 4.71. The zero-order chi connectivity index (χ0) is 13.7. The molecular weight excluding hydrogens is 234 g/mol. The minimum Gasteiger partial charge on any atom is -0.507 e. The van der Waals surface area contributed by atoms with Gasteiger partial charge in [0.1, 0.15) is 11.3 Å². The van der Waals surface area contributed by atoms with Crippen molar-refractivity contribution in [1.82, 2.24) is 0 Å². The lowest BCUT2D eigenvalue weighted by atomic mass is 10.1. The molecule has 5 nitrogen and oxygen atoms in total. The van der Waals surface area contributed by atoms with E-state index in [0.717, 1.165) is 12.8 Å². The van der Waals surface area contributed by atoms with E-state index in [0.29, 0.717) is 5.69 Å². The van der Waals surface area contributed by atoms with Gasteiger partial charge in [-0.2, -0.15) is 0 Å². The fourth-order valence-electron chi connectivity index (χ4n) is 1.62. The number of nitrogens with one attached hydrogen (secondary N) is 1. The van der Waals surface area contributed by atoms with E-state index in [2.05, 4.69) is 5.32 Å². The fourth-order valence-corrected chi connectivity index (χ4v) is 1.62. The first-order valence-corrected chi connectivity index (χ1v) is 5.82. The van der Waals surface area contributed by atoms with Crippen molar-refractivity contribution in [3.63, 3.8) is 0 Å². The molecule has 1 amide bonds. The van der Waals surface area contributed by atoms with Crippen molar-refractivity contribution in [3.8, 4) is 5.75 Å². The molecular formula is C13H17NO4. The van der Waals surface area contributed by atoms with Gasteiger partial charge in [-0.1, -0.05) is 20.3 Å². The molecule has 0 aromatic heterocycles. The lowest BCUT2D eigenvalue weighted by molar-refractivity contribution is -0.119. The Hall–Kier alpha value is -2.04. The molecule has 18 heavy (non-hydrogen) atoms. The first-order chi connectivity index (χ1) is 8.45. The summed E-state index contributed by atoms with van der Waals surface area (Å²) in [6.45, 7) is 3.82. The minimum atomic E-state index is -1.20. The second-order valence-corrected chi connectivity index (χ2v) is 4.22. The SMILES string of the molecule is CCCC(C)C(=O)Nc1ccc(C(=O)O)c(O)c1. The minimum absolute atomic E-state index is 0.115. The Morgan fingerprint density at radius 3 is 2.56 bits per heavy atom. The lowest BCUT2D eigenvalue weighted by Gasteiger charge is -2.11. The fraction of sp³-hybridized carbons (Fsp3) is 0.385. The van der Waals surface area contributed by atoms with E-state index in [1.54, 1.807) is 0 Å². The molecule has 98 valence electrons. The van der Waals surface area contributed by atoms with Crippen LogP contribution in [-0.2, 0) is 4.79 Å². The molecule has 0 heterocycles. The summed E-state index contributed by atoms with van der Waals surface area (Å²) in [5.41, 5.74) is 0.208. The number of carbonyl (C=O) groups is 2. The van der Waals surface area contributed by atoms with Crippen molar-refractivity contribution < 1.29 is 19.8 Å². The Bertz CT molecular complexity index is 456. The van der Waals surface area contributed by atoms with E-state index in [1.165, 1.54) is 18.2 Å². The number of carbonyl (C=O) groups excluding carboxylic acids is 1. The summed E-state index contributed by atoms with van der Waals surface area (Å²) in [6.07, 6.45) is 1.70. The van der Waals surface area contributed by atoms with E-state index < -0.39 is 5.97 Å². The van der Waals surface area contributed by atoms with Gasteiger partial charge in [0.2, 0.25) is 5.91 Å². The Morgan fingerprint density at radius 1 is 1.39 bits per heavy atom. The molecule has 1 aromatic rings. The van der Waals surface area contributed by atoms with Crippen LogP contribution in [0.4, 0.5) is 5.69 Å². The summed E-state index contributed by atoms with van der Waals surface area (Å²) in [7, 11) is 0. The number of rotatable bonds is 5. The number of aromatic carboxylic acids is 1. The van der Waals surface area contributed by atoms with Crippen molar-refractivity contribution in [2.24, 2.45) is 5.92 Å². The van der Waals surface area contributed by atoms with E-state index in [-0.39, 0.29) is 23.1 Å². The molecule has 1 atom stereocenters. The van der Waals surface area contributed by atoms with E-state index in [1.807, 2.05) is 13.8 Å². The number of benzene rings is 1. The lowest BCUT2D eigenvalue weighted by Crippen LogP contribution is -2.20. The van der Waals surface area contributed by atoms with E-state index in [9.17, 15) is 14.7 Å². The first kappa shape index (κ1) is 14.0. The summed E-state index contributed by atoms with van der Waals surface area (Å²) < 4.78 is 0. The van der Waals surface area contributed by atoms with Gasteiger partial charge in [0, 0.05) is 17.7 Å². The molecule has 1 aromatic carbocycles. The first-order valence-electron chi connectivity index (χ1n) is 5.82. The number of hydrogen-bond donors (Lipinski definition) is 3. The number of phenols is 1. The van der Waals surface area contributed by atoms with Gasteiger partial charge >= 0.3 is 5.97 Å². The van der Waals surface area contributed by atoms with Crippen LogP contribution in [0.3, 0.4) is 0 Å². The highest BCUT2D eigenvalue weighted by atomic mass is 16.4. The number of aromatic hydroxyl groups is 1. The third kappa shape index (κ3) is 3.48. The molecule has 1 unspecified atom stereocenters. The van der Waals surface area contributed by atoms with Crippen molar-refractivity contribution in [2.75, 3.05) is 5.32 Å². The van der Waals surface area contributed by atoms with Gasteiger partial charge in [0.05, 0.1) is 0 Å². The number of carboxylic acid groups (broad SMARTS) is 1. The molecule has 0 saturated heterocycles. The van der Waals surface area contributed by atoms with E-state index in [4.69, 9.17) is 5.11 Å². The third-order valence-electron chi connectivity index (χ3n) is 2.66. The third-order valence-corrected chi connectivity index (χ3v) is 2.66. The van der Waals surface area contributed by atoms with Crippen molar-refractivity contribution in [1.29, 1.82) is 0 Å². The van der Waals surface area contributed by atoms with Crippen LogP contribution in [0.25, 0.3) is 0 Å². The topological polar surface area (TPSA) is 86.6 Å². The summed E-state index contributed by atoms with van der Waals surface area (Å²) in [6, 6.07) is 3.96. The average molecular weight is 251 g/mol. The summed E-state index contributed by atoms with van der Waals surface area (Å²) >= 11 is 0. The second kappa shape index (κ2) is 6.05. The van der Waals surface area contributed by atoms with Crippen LogP contribution in [0.1, 0.15) is 37.0 Å². The van der Waals surface area contributed by atoms with Crippen molar-refractivity contribution in [2.45, 2.75) is 26.7 Å². The summed E-state index contributed by atoms with van der Waals surface area (Å²) in [5.74, 6) is -1.82. The highest BCUT2D eigenvalue weighted by molar-refractivity contribution is 5.95. The van der Waals surface area contributed by atoms with Crippen molar-refractivity contribution >= 4 is 17.6 Å². The number of amides is 1. The largest absolute Gasteiger partial charge is 0.507 e. The number of hydrogen-bond acceptors (Lipinski definition) is 3. The highest BCUT2D eigenvalue weighted by Crippen LogP contribution is 2.22. The van der Waals surface area contributed by atoms with Crippen LogP contribution in [0.2, 0.25) is 0 Å². The zero-order valence-electron chi connectivity index (χ0n) is 10.4.